The van der Waals surface area contributed by atoms with Crippen LogP contribution in [-0.2, 0) is 17.9 Å². The number of hydrogen-bond acceptors (Lipinski definition) is 7. The Hall–Kier alpha value is -3.40. The summed E-state index contributed by atoms with van der Waals surface area (Å²) < 4.78 is 27.7. The number of benzene rings is 1. The molecule has 2 fully saturated rings. The number of aromatic nitrogens is 4. The van der Waals surface area contributed by atoms with Gasteiger partial charge in [0, 0.05) is 34.9 Å². The Kier molecular flexibility index (Phi) is 7.78. The molecule has 6 rings (SSSR count). The lowest BCUT2D eigenvalue weighted by Gasteiger charge is -2.36. The molecule has 0 spiro atoms. The van der Waals surface area contributed by atoms with Gasteiger partial charge in [-0.2, -0.15) is 0 Å². The van der Waals surface area contributed by atoms with E-state index in [9.17, 15) is 9.18 Å². The maximum atomic E-state index is 14.1. The smallest absolute Gasteiger partial charge is 0.213 e. The first kappa shape index (κ1) is 26.8. The third-order valence-electron chi connectivity index (χ3n) is 7.94. The van der Waals surface area contributed by atoms with Gasteiger partial charge in [-0.15, -0.1) is 0 Å². The molecule has 2 atom stereocenters. The average molecular weight is 564 g/mol. The summed E-state index contributed by atoms with van der Waals surface area (Å²) in [6.45, 7) is 5.49. The lowest BCUT2D eigenvalue weighted by molar-refractivity contribution is -0.0595. The molecule has 0 bridgehead atoms. The fourth-order valence-electron chi connectivity index (χ4n) is 5.52. The highest BCUT2D eigenvalue weighted by molar-refractivity contribution is 6.30. The summed E-state index contributed by atoms with van der Waals surface area (Å²) in [6, 6.07) is 13.9. The van der Waals surface area contributed by atoms with E-state index < -0.39 is 0 Å². The van der Waals surface area contributed by atoms with Crippen LogP contribution in [0.2, 0.25) is 5.02 Å². The Bertz CT molecular complexity index is 1520. The van der Waals surface area contributed by atoms with Crippen molar-refractivity contribution in [1.82, 2.24) is 24.4 Å². The molecule has 208 valence electrons. The van der Waals surface area contributed by atoms with Crippen molar-refractivity contribution in [1.29, 1.82) is 0 Å². The molecule has 2 unspecified atom stereocenters. The van der Waals surface area contributed by atoms with Crippen LogP contribution in [0.4, 0.5) is 4.39 Å². The molecule has 40 heavy (non-hydrogen) atoms. The Morgan fingerprint density at radius 3 is 2.70 bits per heavy atom. The van der Waals surface area contributed by atoms with Crippen LogP contribution in [-0.4, -0.2) is 56.5 Å². The second kappa shape index (κ2) is 11.6. The van der Waals surface area contributed by atoms with E-state index in [1.54, 1.807) is 18.2 Å². The molecule has 0 N–H and O–H groups in total. The highest BCUT2D eigenvalue weighted by Gasteiger charge is 2.30. The molecule has 1 aromatic carbocycles. The van der Waals surface area contributed by atoms with Gasteiger partial charge in [0.25, 0.3) is 0 Å². The average Bonchev–Trinajstić information content (AvgIpc) is 3.32. The summed E-state index contributed by atoms with van der Waals surface area (Å²) in [5.41, 5.74) is 3.31. The minimum atomic E-state index is -0.351. The van der Waals surface area contributed by atoms with Crippen molar-refractivity contribution in [2.24, 2.45) is 0 Å². The summed E-state index contributed by atoms with van der Waals surface area (Å²) in [5, 5.41) is 0.469. The van der Waals surface area contributed by atoms with Gasteiger partial charge in [-0.05, 0) is 75.7 Å². The number of aldehydes is 1. The fourth-order valence-corrected chi connectivity index (χ4v) is 5.72. The van der Waals surface area contributed by atoms with Crippen LogP contribution >= 0.6 is 11.6 Å². The number of pyridine rings is 2. The molecule has 0 amide bonds. The highest BCUT2D eigenvalue weighted by atomic mass is 35.5. The minimum Gasteiger partial charge on any atom is -0.473 e. The van der Waals surface area contributed by atoms with Gasteiger partial charge in [0.15, 0.2) is 11.9 Å². The van der Waals surface area contributed by atoms with Crippen molar-refractivity contribution in [2.75, 3.05) is 19.7 Å². The first-order valence-corrected chi connectivity index (χ1v) is 14.1. The molecule has 2 aliphatic rings. The first-order chi connectivity index (χ1) is 19.5. The largest absolute Gasteiger partial charge is 0.473 e. The zero-order valence-corrected chi connectivity index (χ0v) is 23.1. The maximum absolute atomic E-state index is 14.1. The van der Waals surface area contributed by atoms with Crippen molar-refractivity contribution >= 4 is 29.1 Å². The van der Waals surface area contributed by atoms with Crippen LogP contribution in [0.5, 0.6) is 5.88 Å². The molecule has 2 aliphatic heterocycles. The quantitative estimate of drug-likeness (QED) is 0.240. The molecular formula is C30H31ClFN5O3. The zero-order chi connectivity index (χ0) is 27.6. The Morgan fingerprint density at radius 2 is 1.95 bits per heavy atom. The number of carbonyl (C=O) groups excluding carboxylic acids is 1. The molecule has 3 aromatic heterocycles. The molecule has 0 radical (unpaired) electrons. The standard InChI is InChI=1S/C30H31ClFN5O3/c1-19(29-35-27-8-6-23(17-38)33-30(27)37(29)16-24-11-14-39-24)36-12-9-20(10-13-36)26-3-2-4-28(34-26)40-18-21-15-22(31)5-7-25(21)32/h2-8,15,17,19-20,24H,9-14,16,18H2,1H3. The minimum absolute atomic E-state index is 0.0644. The fraction of sp³-hybridized carbons (Fsp3) is 0.400. The molecule has 8 nitrogen and oxygen atoms in total. The lowest BCUT2D eigenvalue weighted by atomic mass is 9.92. The molecule has 10 heteroatoms. The number of halogens is 2. The van der Waals surface area contributed by atoms with Crippen LogP contribution in [0.25, 0.3) is 11.2 Å². The van der Waals surface area contributed by atoms with E-state index in [4.69, 9.17) is 31.0 Å². The number of piperidine rings is 1. The van der Waals surface area contributed by atoms with Crippen LogP contribution < -0.4 is 4.74 Å². The predicted octanol–water partition coefficient (Wildman–Crippen LogP) is 5.74. The predicted molar refractivity (Wildman–Crippen MR) is 149 cm³/mol. The van der Waals surface area contributed by atoms with Gasteiger partial charge in [0.2, 0.25) is 5.88 Å². The van der Waals surface area contributed by atoms with Crippen molar-refractivity contribution < 1.29 is 18.7 Å². The van der Waals surface area contributed by atoms with E-state index in [1.165, 1.54) is 12.1 Å². The molecule has 4 aromatic rings. The van der Waals surface area contributed by atoms with Crippen molar-refractivity contribution in [3.05, 3.63) is 82.1 Å². The number of fused-ring (bicyclic) bond motifs is 1. The van der Waals surface area contributed by atoms with Gasteiger partial charge < -0.3 is 14.0 Å². The van der Waals surface area contributed by atoms with Crippen molar-refractivity contribution in [3.63, 3.8) is 0 Å². The third-order valence-corrected chi connectivity index (χ3v) is 8.18. The van der Waals surface area contributed by atoms with Crippen molar-refractivity contribution in [3.8, 4) is 5.88 Å². The van der Waals surface area contributed by atoms with Crippen LogP contribution in [0.1, 0.15) is 65.7 Å². The lowest BCUT2D eigenvalue weighted by Crippen LogP contribution is -2.37. The first-order valence-electron chi connectivity index (χ1n) is 13.7. The number of likely N-dealkylation sites (tertiary alicyclic amines) is 1. The van der Waals surface area contributed by atoms with Gasteiger partial charge in [-0.25, -0.2) is 19.3 Å². The molecule has 0 saturated carbocycles. The monoisotopic (exact) mass is 563 g/mol. The zero-order valence-electron chi connectivity index (χ0n) is 22.3. The number of carbonyl (C=O) groups is 1. The number of imidazole rings is 1. The number of hydrogen-bond donors (Lipinski definition) is 0. The van der Waals surface area contributed by atoms with E-state index in [0.29, 0.717) is 34.6 Å². The van der Waals surface area contributed by atoms with Gasteiger partial charge in [-0.1, -0.05) is 17.7 Å². The van der Waals surface area contributed by atoms with E-state index in [-0.39, 0.29) is 24.6 Å². The Morgan fingerprint density at radius 1 is 1.12 bits per heavy atom. The summed E-state index contributed by atoms with van der Waals surface area (Å²) in [7, 11) is 0. The summed E-state index contributed by atoms with van der Waals surface area (Å²) in [5.74, 6) is 1.37. The number of ether oxygens (including phenoxy) is 2. The SMILES string of the molecule is CC(c1nc2ccc(C=O)nc2n1CC1CCO1)N1CCC(c2cccc(OCc3cc(Cl)ccc3F)n2)CC1. The van der Waals surface area contributed by atoms with Crippen LogP contribution in [0, 0.1) is 5.82 Å². The van der Waals surface area contributed by atoms with E-state index in [2.05, 4.69) is 21.4 Å². The van der Waals surface area contributed by atoms with Gasteiger partial charge in [0.1, 0.15) is 29.5 Å². The van der Waals surface area contributed by atoms with E-state index in [0.717, 1.165) is 67.9 Å². The van der Waals surface area contributed by atoms with Crippen molar-refractivity contribution in [2.45, 2.75) is 57.4 Å². The van der Waals surface area contributed by atoms with Gasteiger partial charge in [-0.3, -0.25) is 9.69 Å². The Labute approximate surface area is 237 Å². The normalized spacial score (nSPS) is 18.9. The second-order valence-electron chi connectivity index (χ2n) is 10.5. The Balaban J connectivity index is 1.13. The number of nitrogens with zero attached hydrogens (tertiary/aromatic N) is 5. The summed E-state index contributed by atoms with van der Waals surface area (Å²) >= 11 is 6.00. The highest BCUT2D eigenvalue weighted by Crippen LogP contribution is 2.33. The summed E-state index contributed by atoms with van der Waals surface area (Å²) in [4.78, 5) is 28.1. The van der Waals surface area contributed by atoms with Gasteiger partial charge in [0.05, 0.1) is 18.7 Å². The number of rotatable bonds is 9. The van der Waals surface area contributed by atoms with Crippen LogP contribution in [0.3, 0.4) is 0 Å². The van der Waals surface area contributed by atoms with E-state index in [1.807, 2.05) is 18.2 Å². The second-order valence-corrected chi connectivity index (χ2v) is 10.9. The summed E-state index contributed by atoms with van der Waals surface area (Å²) in [6.07, 6.45) is 3.82. The topological polar surface area (TPSA) is 82.4 Å². The molecule has 0 aliphatic carbocycles. The maximum Gasteiger partial charge on any atom is 0.213 e. The van der Waals surface area contributed by atoms with Gasteiger partial charge >= 0.3 is 0 Å². The molecule has 2 saturated heterocycles. The van der Waals surface area contributed by atoms with Crippen LogP contribution in [0.15, 0.2) is 48.5 Å². The molecular weight excluding hydrogens is 533 g/mol. The third kappa shape index (κ3) is 5.59. The molecule has 5 heterocycles. The van der Waals surface area contributed by atoms with E-state index >= 15 is 0 Å².